The molecular weight excluding hydrogens is 362 g/mol. The van der Waals surface area contributed by atoms with Gasteiger partial charge in [-0.15, -0.1) is 0 Å². The summed E-state index contributed by atoms with van der Waals surface area (Å²) in [6, 6.07) is 11.0. The van der Waals surface area contributed by atoms with Crippen molar-refractivity contribution in [2.24, 2.45) is 0 Å². The largest absolute Gasteiger partial charge is 0.504 e. The zero-order chi connectivity index (χ0) is 20.7. The molecule has 2 rings (SSSR count). The molecule has 0 spiro atoms. The average molecular weight is 383 g/mol. The number of phenolic OH excluding ortho intramolecular Hbond substituents is 1. The highest BCUT2D eigenvalue weighted by atomic mass is 16.5. The van der Waals surface area contributed by atoms with Crippen LogP contribution in [0.3, 0.4) is 0 Å². The molecule has 0 unspecified atom stereocenters. The zero-order valence-corrected chi connectivity index (χ0v) is 15.8. The van der Waals surface area contributed by atoms with Crippen LogP contribution in [0.2, 0.25) is 0 Å². The Morgan fingerprint density at radius 2 is 1.79 bits per heavy atom. The number of rotatable bonds is 7. The van der Waals surface area contributed by atoms with Gasteiger partial charge in [0.25, 0.3) is 5.91 Å². The molecule has 0 saturated heterocycles. The third kappa shape index (κ3) is 5.70. The van der Waals surface area contributed by atoms with Crippen molar-refractivity contribution in [3.05, 3.63) is 59.7 Å². The van der Waals surface area contributed by atoms with Crippen molar-refractivity contribution >= 4 is 29.4 Å². The minimum atomic E-state index is -1.01. The Balaban J connectivity index is 1.92. The van der Waals surface area contributed by atoms with E-state index in [4.69, 9.17) is 9.47 Å². The van der Waals surface area contributed by atoms with E-state index in [0.717, 1.165) is 0 Å². The first-order valence-corrected chi connectivity index (χ1v) is 8.47. The van der Waals surface area contributed by atoms with Gasteiger partial charge in [-0.05, 0) is 61.9 Å². The molecule has 0 fully saturated rings. The van der Waals surface area contributed by atoms with Crippen molar-refractivity contribution in [2.75, 3.05) is 12.4 Å². The van der Waals surface area contributed by atoms with Crippen LogP contribution < -0.4 is 10.1 Å². The van der Waals surface area contributed by atoms with Crippen molar-refractivity contribution in [1.29, 1.82) is 0 Å². The first-order chi connectivity index (χ1) is 13.3. The van der Waals surface area contributed by atoms with E-state index in [-0.39, 0.29) is 17.3 Å². The topological polar surface area (TPSA) is 102 Å². The maximum Gasteiger partial charge on any atom is 0.331 e. The number of amides is 1. The molecule has 0 aromatic heterocycles. The molecular formula is C21H21NO6. The molecule has 7 heteroatoms. The number of carbonyl (C=O) groups is 3. The second-order valence-electron chi connectivity index (χ2n) is 5.97. The summed E-state index contributed by atoms with van der Waals surface area (Å²) < 4.78 is 10.1. The summed E-state index contributed by atoms with van der Waals surface area (Å²) in [6.07, 6.45) is 1.64. The van der Waals surface area contributed by atoms with E-state index in [2.05, 4.69) is 5.32 Å². The van der Waals surface area contributed by atoms with E-state index in [9.17, 15) is 19.5 Å². The van der Waals surface area contributed by atoms with Crippen molar-refractivity contribution in [2.45, 2.75) is 20.0 Å². The van der Waals surface area contributed by atoms with Gasteiger partial charge in [0.2, 0.25) is 0 Å². The Bertz CT molecular complexity index is 902. The number of methoxy groups -OCH3 is 1. The monoisotopic (exact) mass is 383 g/mol. The lowest BCUT2D eigenvalue weighted by Crippen LogP contribution is -2.29. The minimum Gasteiger partial charge on any atom is -0.504 e. The fourth-order valence-corrected chi connectivity index (χ4v) is 2.26. The van der Waals surface area contributed by atoms with Gasteiger partial charge in [0.05, 0.1) is 7.11 Å². The highest BCUT2D eigenvalue weighted by Gasteiger charge is 2.16. The van der Waals surface area contributed by atoms with Gasteiger partial charge in [-0.25, -0.2) is 4.79 Å². The van der Waals surface area contributed by atoms with Crippen LogP contribution in [0, 0.1) is 0 Å². The average Bonchev–Trinajstić information content (AvgIpc) is 2.67. The molecule has 2 N–H and O–H groups in total. The Labute approximate surface area is 162 Å². The lowest BCUT2D eigenvalue weighted by molar-refractivity contribution is -0.148. The van der Waals surface area contributed by atoms with E-state index < -0.39 is 18.0 Å². The van der Waals surface area contributed by atoms with E-state index in [0.29, 0.717) is 16.8 Å². The summed E-state index contributed by atoms with van der Waals surface area (Å²) in [4.78, 5) is 35.3. The summed E-state index contributed by atoms with van der Waals surface area (Å²) in [7, 11) is 1.42. The molecule has 0 heterocycles. The molecule has 0 aliphatic heterocycles. The predicted octanol–water partition coefficient (Wildman–Crippen LogP) is 3.19. The standard InChI is InChI=1S/C21H21NO6/c1-13(23)16-6-8-17(9-7-16)22-21(26)14(2)28-20(25)11-5-15-4-10-18(24)19(12-15)27-3/h4-12,14,24H,1-3H3,(H,22,26)/b11-5+/t14-/m1/s1. The molecule has 0 saturated carbocycles. The Morgan fingerprint density at radius 1 is 1.11 bits per heavy atom. The number of phenols is 1. The molecule has 0 radical (unpaired) electrons. The number of benzene rings is 2. The molecule has 2 aromatic carbocycles. The number of carbonyl (C=O) groups excluding carboxylic acids is 3. The maximum atomic E-state index is 12.1. The fraction of sp³-hybridized carbons (Fsp3) is 0.190. The zero-order valence-electron chi connectivity index (χ0n) is 15.8. The molecule has 0 aliphatic rings. The van der Waals surface area contributed by atoms with Gasteiger partial charge < -0.3 is 19.9 Å². The quantitative estimate of drug-likeness (QED) is 0.433. The number of hydrogen-bond donors (Lipinski definition) is 2. The van der Waals surface area contributed by atoms with Crippen LogP contribution in [-0.4, -0.2) is 36.0 Å². The number of aromatic hydroxyl groups is 1. The van der Waals surface area contributed by atoms with Crippen LogP contribution in [0.5, 0.6) is 11.5 Å². The molecule has 0 bridgehead atoms. The molecule has 0 aliphatic carbocycles. The van der Waals surface area contributed by atoms with Gasteiger partial charge in [0, 0.05) is 17.3 Å². The van der Waals surface area contributed by atoms with Gasteiger partial charge in [-0.3, -0.25) is 9.59 Å². The number of Topliss-reactive ketones (excluding diaryl/α,β-unsaturated/α-hetero) is 1. The van der Waals surface area contributed by atoms with Crippen molar-refractivity contribution in [3.8, 4) is 11.5 Å². The molecule has 1 amide bonds. The van der Waals surface area contributed by atoms with Crippen LogP contribution >= 0.6 is 0 Å². The van der Waals surface area contributed by atoms with Gasteiger partial charge in [-0.1, -0.05) is 6.07 Å². The molecule has 1 atom stereocenters. The van der Waals surface area contributed by atoms with E-state index >= 15 is 0 Å². The van der Waals surface area contributed by atoms with Gasteiger partial charge in [0.15, 0.2) is 23.4 Å². The van der Waals surface area contributed by atoms with Crippen molar-refractivity contribution in [1.82, 2.24) is 0 Å². The summed E-state index contributed by atoms with van der Waals surface area (Å²) in [6.45, 7) is 2.91. The van der Waals surface area contributed by atoms with E-state index in [1.807, 2.05) is 0 Å². The SMILES string of the molecule is COc1cc(/C=C/C(=O)O[C@H](C)C(=O)Nc2ccc(C(C)=O)cc2)ccc1O. The smallest absolute Gasteiger partial charge is 0.331 e. The predicted molar refractivity (Wildman–Crippen MR) is 104 cm³/mol. The normalized spacial score (nSPS) is 11.7. The second-order valence-corrected chi connectivity index (χ2v) is 5.97. The second kappa shape index (κ2) is 9.36. The minimum absolute atomic E-state index is 0.0103. The molecule has 28 heavy (non-hydrogen) atoms. The van der Waals surface area contributed by atoms with Gasteiger partial charge in [0.1, 0.15) is 0 Å². The number of nitrogens with one attached hydrogen (secondary N) is 1. The number of ether oxygens (including phenoxy) is 2. The fourth-order valence-electron chi connectivity index (χ4n) is 2.26. The Hall–Kier alpha value is -3.61. The molecule has 7 nitrogen and oxygen atoms in total. The van der Waals surface area contributed by atoms with Gasteiger partial charge >= 0.3 is 5.97 Å². The number of anilines is 1. The van der Waals surface area contributed by atoms with Crippen LogP contribution in [0.1, 0.15) is 29.8 Å². The first-order valence-electron chi connectivity index (χ1n) is 8.47. The van der Waals surface area contributed by atoms with Crippen molar-refractivity contribution in [3.63, 3.8) is 0 Å². The van der Waals surface area contributed by atoms with Crippen LogP contribution in [-0.2, 0) is 14.3 Å². The number of esters is 1. The number of hydrogen-bond acceptors (Lipinski definition) is 6. The first kappa shape index (κ1) is 20.7. The van der Waals surface area contributed by atoms with E-state index in [1.165, 1.54) is 39.2 Å². The van der Waals surface area contributed by atoms with Crippen LogP contribution in [0.15, 0.2) is 48.5 Å². The highest BCUT2D eigenvalue weighted by molar-refractivity contribution is 5.98. The van der Waals surface area contributed by atoms with Crippen LogP contribution in [0.4, 0.5) is 5.69 Å². The van der Waals surface area contributed by atoms with Gasteiger partial charge in [-0.2, -0.15) is 0 Å². The van der Waals surface area contributed by atoms with E-state index in [1.54, 1.807) is 36.4 Å². The maximum absolute atomic E-state index is 12.1. The highest BCUT2D eigenvalue weighted by Crippen LogP contribution is 2.26. The summed E-state index contributed by atoms with van der Waals surface area (Å²) in [5.74, 6) is -0.994. The summed E-state index contributed by atoms with van der Waals surface area (Å²) in [5.41, 5.74) is 1.65. The summed E-state index contributed by atoms with van der Waals surface area (Å²) >= 11 is 0. The third-order valence-electron chi connectivity index (χ3n) is 3.84. The van der Waals surface area contributed by atoms with Crippen molar-refractivity contribution < 1.29 is 29.0 Å². The number of ketones is 1. The Kier molecular flexibility index (Phi) is 6.92. The Morgan fingerprint density at radius 3 is 2.39 bits per heavy atom. The van der Waals surface area contributed by atoms with Crippen LogP contribution in [0.25, 0.3) is 6.08 Å². The lowest BCUT2D eigenvalue weighted by Gasteiger charge is -2.12. The third-order valence-corrected chi connectivity index (χ3v) is 3.84. The molecule has 2 aromatic rings. The summed E-state index contributed by atoms with van der Waals surface area (Å²) in [5, 5.41) is 12.2. The molecule has 146 valence electrons. The lowest BCUT2D eigenvalue weighted by atomic mass is 10.1.